The highest BCUT2D eigenvalue weighted by Gasteiger charge is 2.37. The molecule has 0 bridgehead atoms. The fourth-order valence-electron chi connectivity index (χ4n) is 5.86. The molecule has 0 radical (unpaired) electrons. The molecule has 1 aliphatic rings. The second-order valence-electron chi connectivity index (χ2n) is 12.6. The number of hydrogen-bond acceptors (Lipinski definition) is 6. The summed E-state index contributed by atoms with van der Waals surface area (Å²) in [7, 11) is -1.35. The minimum absolute atomic E-state index is 0.262. The molecular formula is C38H60BNO5. The van der Waals surface area contributed by atoms with Crippen LogP contribution in [0.3, 0.4) is 0 Å². The Labute approximate surface area is 274 Å². The number of unbranched alkanes of at least 4 members (excludes halogenated alkanes) is 12. The summed E-state index contributed by atoms with van der Waals surface area (Å²) in [5.74, 6) is 1.57. The van der Waals surface area contributed by atoms with E-state index in [2.05, 4.69) is 24.0 Å². The molecule has 1 saturated heterocycles. The smallest absolute Gasteiger partial charge is 0.488 e. The third kappa shape index (κ3) is 16.2. The van der Waals surface area contributed by atoms with E-state index in [4.69, 9.17) is 18.8 Å². The van der Waals surface area contributed by atoms with E-state index < -0.39 is 7.32 Å². The summed E-state index contributed by atoms with van der Waals surface area (Å²) in [6.45, 7) is 8.49. The first-order chi connectivity index (χ1) is 22.0. The number of para-hydroxylation sites is 2. The molecule has 2 aromatic rings. The van der Waals surface area contributed by atoms with Gasteiger partial charge in [0.2, 0.25) is 0 Å². The first-order valence-corrected chi connectivity index (χ1v) is 17.8. The van der Waals surface area contributed by atoms with Gasteiger partial charge in [-0.05, 0) is 76.8 Å². The highest BCUT2D eigenvalue weighted by molar-refractivity contribution is 6.34. The molecule has 2 aromatic carbocycles. The monoisotopic (exact) mass is 621 g/mol. The minimum Gasteiger partial charge on any atom is -0.488 e. The van der Waals surface area contributed by atoms with E-state index >= 15 is 0 Å². The van der Waals surface area contributed by atoms with E-state index in [-0.39, 0.29) is 24.4 Å². The average molecular weight is 622 g/mol. The highest BCUT2D eigenvalue weighted by atomic mass is 16.7. The van der Waals surface area contributed by atoms with Gasteiger partial charge in [0.15, 0.2) is 0 Å². The van der Waals surface area contributed by atoms with Crippen LogP contribution in [0.15, 0.2) is 72.8 Å². The quantitative estimate of drug-likeness (QED) is 0.0805. The zero-order chi connectivity index (χ0) is 32.0. The van der Waals surface area contributed by atoms with E-state index in [9.17, 15) is 5.02 Å². The molecule has 1 heterocycles. The standard InChI is InChI=1S/C38H60BNO5/c1-4-5-6-7-8-9-10-11-12-13-14-15-16-17-18-25-30-40-31-37(33(2)42-35-26-21-19-22-27-35)44-39(41)45-38(32-40)34(3)43-36-28-23-20-24-29-36/h11-12,19-24,26-29,33-34,37-38,41H,4-10,13-18,25,30-32H2,1-3H3/b12-11-. The van der Waals surface area contributed by atoms with E-state index in [1.54, 1.807) is 0 Å². The number of allylic oxidation sites excluding steroid dienone is 2. The van der Waals surface area contributed by atoms with Crippen molar-refractivity contribution in [2.24, 2.45) is 0 Å². The third-order valence-corrected chi connectivity index (χ3v) is 8.62. The van der Waals surface area contributed by atoms with Crippen LogP contribution in [0.2, 0.25) is 0 Å². The van der Waals surface area contributed by atoms with Gasteiger partial charge in [0.25, 0.3) is 0 Å². The maximum atomic E-state index is 10.7. The van der Waals surface area contributed by atoms with E-state index in [0.29, 0.717) is 13.1 Å². The minimum atomic E-state index is -1.35. The summed E-state index contributed by atoms with van der Waals surface area (Å²) in [5.41, 5.74) is 0. The summed E-state index contributed by atoms with van der Waals surface area (Å²) < 4.78 is 24.4. The Kier molecular flexibility index (Phi) is 19.0. The molecule has 1 aliphatic heterocycles. The predicted molar refractivity (Wildman–Crippen MR) is 187 cm³/mol. The fraction of sp³-hybridized carbons (Fsp3) is 0.632. The largest absolute Gasteiger partial charge is 0.637 e. The highest BCUT2D eigenvalue weighted by Crippen LogP contribution is 2.21. The molecule has 7 heteroatoms. The third-order valence-electron chi connectivity index (χ3n) is 8.62. The molecular weight excluding hydrogens is 561 g/mol. The second-order valence-corrected chi connectivity index (χ2v) is 12.6. The van der Waals surface area contributed by atoms with Crippen LogP contribution in [0, 0.1) is 0 Å². The van der Waals surface area contributed by atoms with Crippen LogP contribution >= 0.6 is 0 Å². The first kappa shape index (κ1) is 37.1. The summed E-state index contributed by atoms with van der Waals surface area (Å²) in [4.78, 5) is 2.39. The van der Waals surface area contributed by atoms with E-state index in [1.165, 1.54) is 83.5 Å². The maximum Gasteiger partial charge on any atom is 0.637 e. The number of rotatable bonds is 22. The van der Waals surface area contributed by atoms with E-state index in [0.717, 1.165) is 24.5 Å². The lowest BCUT2D eigenvalue weighted by Crippen LogP contribution is -2.54. The topological polar surface area (TPSA) is 60.4 Å². The van der Waals surface area contributed by atoms with Gasteiger partial charge < -0.3 is 23.8 Å². The Balaban J connectivity index is 1.41. The molecule has 4 unspecified atom stereocenters. The summed E-state index contributed by atoms with van der Waals surface area (Å²) in [5, 5.41) is 10.7. The van der Waals surface area contributed by atoms with Gasteiger partial charge >= 0.3 is 7.32 Å². The summed E-state index contributed by atoms with van der Waals surface area (Å²) in [6, 6.07) is 19.5. The lowest BCUT2D eigenvalue weighted by molar-refractivity contribution is -0.0639. The Hall–Kier alpha value is -2.32. The molecule has 1 fully saturated rings. The van der Waals surface area contributed by atoms with Crippen LogP contribution < -0.4 is 9.47 Å². The van der Waals surface area contributed by atoms with Crippen LogP contribution in [0.5, 0.6) is 11.5 Å². The Morgan fingerprint density at radius 2 is 1.11 bits per heavy atom. The second kappa shape index (κ2) is 23.1. The molecule has 6 nitrogen and oxygen atoms in total. The van der Waals surface area contributed by atoms with Gasteiger partial charge in [-0.2, -0.15) is 0 Å². The number of ether oxygens (including phenoxy) is 2. The summed E-state index contributed by atoms with van der Waals surface area (Å²) >= 11 is 0. The molecule has 0 spiro atoms. The van der Waals surface area contributed by atoms with Crippen molar-refractivity contribution in [2.75, 3.05) is 19.6 Å². The lowest BCUT2D eigenvalue weighted by atomic mass is 10.0. The van der Waals surface area contributed by atoms with E-state index in [1.807, 2.05) is 74.5 Å². The zero-order valence-electron chi connectivity index (χ0n) is 28.4. The number of nitrogens with zero attached hydrogens (tertiary/aromatic N) is 1. The first-order valence-electron chi connectivity index (χ1n) is 17.8. The maximum absolute atomic E-state index is 10.7. The van der Waals surface area contributed by atoms with Gasteiger partial charge in [-0.1, -0.05) is 113 Å². The van der Waals surface area contributed by atoms with Crippen LogP contribution in [-0.4, -0.2) is 61.3 Å². The van der Waals surface area contributed by atoms with Crippen molar-refractivity contribution in [1.82, 2.24) is 4.90 Å². The Bertz CT molecular complexity index is 950. The molecule has 250 valence electrons. The zero-order valence-corrected chi connectivity index (χ0v) is 28.4. The van der Waals surface area contributed by atoms with Crippen molar-refractivity contribution in [3.05, 3.63) is 72.8 Å². The number of hydrogen-bond donors (Lipinski definition) is 1. The average Bonchev–Trinajstić information content (AvgIpc) is 3.03. The molecule has 0 amide bonds. The Morgan fingerprint density at radius 3 is 1.58 bits per heavy atom. The van der Waals surface area contributed by atoms with Gasteiger partial charge in [-0.3, -0.25) is 4.90 Å². The SMILES string of the molecule is CCCCCCCC/C=C\CCCCCCCCN1CC(C(C)Oc2ccccc2)OB(O)OC(C(C)Oc2ccccc2)C1. The molecule has 4 atom stereocenters. The number of benzene rings is 2. The van der Waals surface area contributed by atoms with Crippen molar-refractivity contribution >= 4 is 7.32 Å². The fourth-order valence-corrected chi connectivity index (χ4v) is 5.86. The van der Waals surface area contributed by atoms with Crippen LogP contribution in [-0.2, 0) is 9.31 Å². The lowest BCUT2D eigenvalue weighted by Gasteiger charge is -2.38. The van der Waals surface area contributed by atoms with Crippen LogP contribution in [0.25, 0.3) is 0 Å². The van der Waals surface area contributed by atoms with Crippen molar-refractivity contribution in [2.45, 2.75) is 135 Å². The molecule has 0 aromatic heterocycles. The molecule has 1 N–H and O–H groups in total. The van der Waals surface area contributed by atoms with Gasteiger partial charge in [0.05, 0.1) is 12.2 Å². The van der Waals surface area contributed by atoms with Gasteiger partial charge in [0, 0.05) is 13.1 Å². The molecule has 3 rings (SSSR count). The molecule has 45 heavy (non-hydrogen) atoms. The van der Waals surface area contributed by atoms with Crippen molar-refractivity contribution < 1.29 is 23.8 Å². The molecule has 0 saturated carbocycles. The Morgan fingerprint density at radius 1 is 0.689 bits per heavy atom. The molecule has 0 aliphatic carbocycles. The summed E-state index contributed by atoms with van der Waals surface area (Å²) in [6.07, 6.45) is 21.7. The predicted octanol–water partition coefficient (Wildman–Crippen LogP) is 9.02. The van der Waals surface area contributed by atoms with Crippen LogP contribution in [0.4, 0.5) is 0 Å². The van der Waals surface area contributed by atoms with Gasteiger partial charge in [0.1, 0.15) is 23.7 Å². The van der Waals surface area contributed by atoms with Gasteiger partial charge in [-0.15, -0.1) is 0 Å². The van der Waals surface area contributed by atoms with Crippen molar-refractivity contribution in [1.29, 1.82) is 0 Å². The van der Waals surface area contributed by atoms with Crippen molar-refractivity contribution in [3.63, 3.8) is 0 Å². The van der Waals surface area contributed by atoms with Gasteiger partial charge in [-0.25, -0.2) is 0 Å². The normalized spacial score (nSPS) is 19.2. The van der Waals surface area contributed by atoms with Crippen LogP contribution in [0.1, 0.15) is 111 Å². The van der Waals surface area contributed by atoms with Crippen molar-refractivity contribution in [3.8, 4) is 11.5 Å².